The van der Waals surface area contributed by atoms with E-state index in [1.165, 1.54) is 0 Å². The quantitative estimate of drug-likeness (QED) is 0.484. The van der Waals surface area contributed by atoms with Gasteiger partial charge in [0.05, 0.1) is 12.8 Å². The summed E-state index contributed by atoms with van der Waals surface area (Å²) in [7, 11) is 4.21. The summed E-state index contributed by atoms with van der Waals surface area (Å²) < 4.78 is 4.82. The van der Waals surface area contributed by atoms with Gasteiger partial charge in [0, 0.05) is 30.3 Å². The van der Waals surface area contributed by atoms with Gasteiger partial charge in [0.2, 0.25) is 0 Å². The van der Waals surface area contributed by atoms with Gasteiger partial charge in [-0.25, -0.2) is 4.79 Å². The number of nitrogens with zero attached hydrogens (tertiary/aromatic N) is 2. The monoisotopic (exact) mass is 302 g/mol. The van der Waals surface area contributed by atoms with Crippen LogP contribution >= 0.6 is 0 Å². The van der Waals surface area contributed by atoms with Crippen LogP contribution in [0.3, 0.4) is 0 Å². The highest BCUT2D eigenvalue weighted by molar-refractivity contribution is 6.40. The number of likely N-dealkylation sites (tertiary alicyclic amines) is 1. The molecule has 1 fully saturated rings. The third-order valence-corrected chi connectivity index (χ3v) is 5.05. The molecule has 1 aromatic carbocycles. The zero-order chi connectivity index (χ0) is 16.1. The lowest BCUT2D eigenvalue weighted by Gasteiger charge is -2.32. The number of hydrogen-bond donors (Lipinski definition) is 0. The predicted octanol–water partition coefficient (Wildman–Crippen LogP) is 1.80. The van der Waals surface area contributed by atoms with Crippen molar-refractivity contribution in [3.63, 3.8) is 0 Å². The molecule has 0 amide bonds. The molecule has 22 heavy (non-hydrogen) atoms. The van der Waals surface area contributed by atoms with E-state index in [4.69, 9.17) is 4.74 Å². The number of anilines is 1. The van der Waals surface area contributed by atoms with Crippen LogP contribution in [0.4, 0.5) is 5.69 Å². The van der Waals surface area contributed by atoms with Gasteiger partial charge in [-0.1, -0.05) is 6.92 Å². The molecule has 3 rings (SSSR count). The molecule has 5 nitrogen and oxygen atoms in total. The van der Waals surface area contributed by atoms with Crippen molar-refractivity contribution >= 4 is 17.4 Å². The number of carbonyl (C=O) groups is 2. The first kappa shape index (κ1) is 15.0. The first-order valence-electron chi connectivity index (χ1n) is 7.69. The van der Waals surface area contributed by atoms with Gasteiger partial charge in [0.15, 0.2) is 0 Å². The standard InChI is InChI=1S/C17H22N2O3/c1-5-22-15(21)14(20)11-6-7-13-12(10-11)17(2)8-9-18(3)16(17)19(13)4/h6-7,10,16H,5,8-9H2,1-4H3. The summed E-state index contributed by atoms with van der Waals surface area (Å²) in [4.78, 5) is 28.5. The van der Waals surface area contributed by atoms with E-state index in [1.54, 1.807) is 13.0 Å². The van der Waals surface area contributed by atoms with E-state index >= 15 is 0 Å². The molecule has 0 aliphatic carbocycles. The number of ether oxygens (including phenoxy) is 1. The van der Waals surface area contributed by atoms with Crippen molar-refractivity contribution < 1.29 is 14.3 Å². The Labute approximate surface area is 130 Å². The lowest BCUT2D eigenvalue weighted by molar-refractivity contribution is -0.137. The average Bonchev–Trinajstić information content (AvgIpc) is 2.92. The minimum absolute atomic E-state index is 0.0101. The Hall–Kier alpha value is -1.88. The minimum atomic E-state index is -0.779. The van der Waals surface area contributed by atoms with Crippen LogP contribution in [0.25, 0.3) is 0 Å². The molecule has 0 spiro atoms. The van der Waals surface area contributed by atoms with Crippen LogP contribution in [0.15, 0.2) is 18.2 Å². The second kappa shape index (κ2) is 5.09. The van der Waals surface area contributed by atoms with Gasteiger partial charge < -0.3 is 9.64 Å². The zero-order valence-electron chi connectivity index (χ0n) is 13.5. The van der Waals surface area contributed by atoms with E-state index < -0.39 is 11.8 Å². The molecule has 2 aliphatic heterocycles. The molecule has 1 saturated heterocycles. The molecule has 5 heteroatoms. The number of hydrogen-bond acceptors (Lipinski definition) is 5. The molecule has 118 valence electrons. The largest absolute Gasteiger partial charge is 0.460 e. The Bertz CT molecular complexity index is 643. The Morgan fingerprint density at radius 3 is 2.77 bits per heavy atom. The maximum Gasteiger partial charge on any atom is 0.379 e. The van der Waals surface area contributed by atoms with Crippen molar-refractivity contribution in [1.29, 1.82) is 0 Å². The van der Waals surface area contributed by atoms with Crippen LogP contribution in [-0.2, 0) is 14.9 Å². The first-order valence-corrected chi connectivity index (χ1v) is 7.69. The van der Waals surface area contributed by atoms with E-state index in [0.717, 1.165) is 24.2 Å². The van der Waals surface area contributed by atoms with Gasteiger partial charge in [-0.3, -0.25) is 9.69 Å². The van der Waals surface area contributed by atoms with E-state index in [9.17, 15) is 9.59 Å². The van der Waals surface area contributed by atoms with Crippen LogP contribution in [-0.4, -0.2) is 50.1 Å². The molecule has 2 heterocycles. The smallest absolute Gasteiger partial charge is 0.379 e. The van der Waals surface area contributed by atoms with Crippen molar-refractivity contribution in [2.45, 2.75) is 31.8 Å². The number of benzene rings is 1. The lowest BCUT2D eigenvalue weighted by Crippen LogP contribution is -2.45. The minimum Gasteiger partial charge on any atom is -0.460 e. The Balaban J connectivity index is 2.01. The summed E-state index contributed by atoms with van der Waals surface area (Å²) in [5.41, 5.74) is 2.70. The number of esters is 1. The van der Waals surface area contributed by atoms with Gasteiger partial charge in [-0.15, -0.1) is 0 Å². The van der Waals surface area contributed by atoms with E-state index in [2.05, 4.69) is 30.8 Å². The number of likely N-dealkylation sites (N-methyl/N-ethyl adjacent to an activating group) is 2. The van der Waals surface area contributed by atoms with Crippen molar-refractivity contribution in [2.24, 2.45) is 0 Å². The number of Topliss-reactive ketones (excluding diaryl/α,β-unsaturated/α-hetero) is 1. The summed E-state index contributed by atoms with van der Waals surface area (Å²) in [5, 5.41) is 0. The summed E-state index contributed by atoms with van der Waals surface area (Å²) >= 11 is 0. The van der Waals surface area contributed by atoms with Gasteiger partial charge in [-0.05, 0) is 44.2 Å². The van der Waals surface area contributed by atoms with E-state index in [-0.39, 0.29) is 12.0 Å². The topological polar surface area (TPSA) is 49.9 Å². The van der Waals surface area contributed by atoms with Crippen LogP contribution in [0.2, 0.25) is 0 Å². The lowest BCUT2D eigenvalue weighted by atomic mass is 9.80. The predicted molar refractivity (Wildman–Crippen MR) is 84.2 cm³/mol. The first-order chi connectivity index (χ1) is 10.4. The Kier molecular flexibility index (Phi) is 3.48. The van der Waals surface area contributed by atoms with Crippen molar-refractivity contribution in [3.8, 4) is 0 Å². The molecule has 0 saturated carbocycles. The Morgan fingerprint density at radius 2 is 2.09 bits per heavy atom. The summed E-state index contributed by atoms with van der Waals surface area (Å²) in [6.45, 7) is 5.18. The number of ketones is 1. The van der Waals surface area contributed by atoms with Gasteiger partial charge in [0.25, 0.3) is 5.78 Å². The fourth-order valence-corrected chi connectivity index (χ4v) is 4.03. The van der Waals surface area contributed by atoms with Crippen LogP contribution in [0, 0.1) is 0 Å². The molecule has 1 aromatic rings. The molecule has 0 radical (unpaired) electrons. The highest BCUT2D eigenvalue weighted by Gasteiger charge is 2.52. The van der Waals surface area contributed by atoms with Crippen LogP contribution < -0.4 is 4.90 Å². The van der Waals surface area contributed by atoms with Crippen LogP contribution in [0.5, 0.6) is 0 Å². The van der Waals surface area contributed by atoms with Gasteiger partial charge in [0.1, 0.15) is 0 Å². The summed E-state index contributed by atoms with van der Waals surface area (Å²) in [5.74, 6) is -1.34. The number of carbonyl (C=O) groups excluding carboxylic acids is 2. The zero-order valence-corrected chi connectivity index (χ0v) is 13.5. The normalized spacial score (nSPS) is 26.7. The summed E-state index contributed by atoms with van der Waals surface area (Å²) in [6.07, 6.45) is 1.35. The van der Waals surface area contributed by atoms with Gasteiger partial charge >= 0.3 is 5.97 Å². The second-order valence-corrected chi connectivity index (χ2v) is 6.41. The molecule has 2 atom stereocenters. The van der Waals surface area contributed by atoms with Crippen molar-refractivity contribution in [1.82, 2.24) is 4.90 Å². The third kappa shape index (κ3) is 1.96. The average molecular weight is 302 g/mol. The van der Waals surface area contributed by atoms with Crippen molar-refractivity contribution in [2.75, 3.05) is 32.1 Å². The van der Waals surface area contributed by atoms with E-state index in [0.29, 0.717) is 11.7 Å². The maximum atomic E-state index is 12.2. The summed E-state index contributed by atoms with van der Waals surface area (Å²) in [6, 6.07) is 5.54. The fraction of sp³-hybridized carbons (Fsp3) is 0.529. The molecule has 2 aliphatic rings. The fourth-order valence-electron chi connectivity index (χ4n) is 4.03. The second-order valence-electron chi connectivity index (χ2n) is 6.41. The third-order valence-electron chi connectivity index (χ3n) is 5.05. The Morgan fingerprint density at radius 1 is 1.36 bits per heavy atom. The molecule has 0 aromatic heterocycles. The number of fused-ring (bicyclic) bond motifs is 3. The van der Waals surface area contributed by atoms with Gasteiger partial charge in [-0.2, -0.15) is 0 Å². The molecular formula is C17H22N2O3. The van der Waals surface area contributed by atoms with Crippen LogP contribution in [0.1, 0.15) is 36.2 Å². The molecule has 0 bridgehead atoms. The molecular weight excluding hydrogens is 280 g/mol. The highest BCUT2D eigenvalue weighted by Crippen LogP contribution is 2.51. The highest BCUT2D eigenvalue weighted by atomic mass is 16.5. The molecule has 2 unspecified atom stereocenters. The number of rotatable bonds is 3. The maximum absolute atomic E-state index is 12.2. The van der Waals surface area contributed by atoms with E-state index in [1.807, 2.05) is 12.1 Å². The molecule has 0 N–H and O–H groups in total. The van der Waals surface area contributed by atoms with Crippen molar-refractivity contribution in [3.05, 3.63) is 29.3 Å². The SMILES string of the molecule is CCOC(=O)C(=O)c1ccc2c(c1)C1(C)CCN(C)C1N2C.